The molecule has 0 unspecified atom stereocenters. The third-order valence-electron chi connectivity index (χ3n) is 4.34. The fourth-order valence-electron chi connectivity index (χ4n) is 2.98. The Bertz CT molecular complexity index is 1110. The van der Waals surface area contributed by atoms with Gasteiger partial charge in [-0.3, -0.25) is 4.79 Å². The predicted octanol–water partition coefficient (Wildman–Crippen LogP) is 6.28. The van der Waals surface area contributed by atoms with Crippen LogP contribution < -0.4 is 10.1 Å². The molecule has 0 spiro atoms. The minimum absolute atomic E-state index is 0.176. The number of rotatable bonds is 5. The van der Waals surface area contributed by atoms with Crippen molar-refractivity contribution >= 4 is 28.4 Å². The number of fused-ring (bicyclic) bond motifs is 1. The molecule has 28 heavy (non-hydrogen) atoms. The Morgan fingerprint density at radius 2 is 1.39 bits per heavy atom. The van der Waals surface area contributed by atoms with Gasteiger partial charge in [-0.05, 0) is 58.8 Å². The van der Waals surface area contributed by atoms with Crippen molar-refractivity contribution in [1.82, 2.24) is 0 Å². The van der Waals surface area contributed by atoms with Gasteiger partial charge in [0.2, 0.25) is 5.91 Å². The standard InChI is InChI=1S/C25H19NO2/c27-25(18-13-20-9-6-8-19-7-4-5-12-24(19)20)26-21-14-16-23(17-15-21)28-22-10-2-1-3-11-22/h1-18H,(H,26,27)/b18-13-. The largest absolute Gasteiger partial charge is 0.457 e. The number of carbonyl (C=O) groups is 1. The minimum Gasteiger partial charge on any atom is -0.457 e. The number of para-hydroxylation sites is 1. The molecular weight excluding hydrogens is 346 g/mol. The molecule has 4 aromatic rings. The van der Waals surface area contributed by atoms with E-state index in [2.05, 4.69) is 23.5 Å². The zero-order valence-corrected chi connectivity index (χ0v) is 15.2. The number of amides is 1. The fraction of sp³-hybridized carbons (Fsp3) is 0. The highest BCUT2D eigenvalue weighted by Gasteiger charge is 2.01. The molecule has 1 N–H and O–H groups in total. The summed E-state index contributed by atoms with van der Waals surface area (Å²) in [6.45, 7) is 0. The van der Waals surface area contributed by atoms with Gasteiger partial charge in [0.15, 0.2) is 0 Å². The maximum Gasteiger partial charge on any atom is 0.248 e. The van der Waals surface area contributed by atoms with Gasteiger partial charge in [0.25, 0.3) is 0 Å². The smallest absolute Gasteiger partial charge is 0.248 e. The second-order valence-corrected chi connectivity index (χ2v) is 6.33. The van der Waals surface area contributed by atoms with E-state index in [4.69, 9.17) is 4.74 Å². The van der Waals surface area contributed by atoms with Crippen LogP contribution in [-0.4, -0.2) is 5.91 Å². The zero-order chi connectivity index (χ0) is 19.2. The first-order valence-corrected chi connectivity index (χ1v) is 9.08. The van der Waals surface area contributed by atoms with E-state index in [-0.39, 0.29) is 5.91 Å². The first-order valence-electron chi connectivity index (χ1n) is 9.08. The van der Waals surface area contributed by atoms with Crippen molar-refractivity contribution in [3.8, 4) is 11.5 Å². The van der Waals surface area contributed by atoms with Crippen molar-refractivity contribution < 1.29 is 9.53 Å². The van der Waals surface area contributed by atoms with Crippen LogP contribution in [0.5, 0.6) is 11.5 Å². The van der Waals surface area contributed by atoms with E-state index >= 15 is 0 Å². The molecule has 0 saturated heterocycles. The SMILES string of the molecule is O=C(/C=C\c1cccc2ccccc12)Nc1ccc(Oc2ccccc2)cc1. The van der Waals surface area contributed by atoms with Gasteiger partial charge in [0, 0.05) is 11.8 Å². The van der Waals surface area contributed by atoms with Gasteiger partial charge < -0.3 is 10.1 Å². The molecule has 0 aromatic heterocycles. The molecule has 0 aliphatic heterocycles. The number of benzene rings is 4. The molecule has 3 heteroatoms. The van der Waals surface area contributed by atoms with Crippen LogP contribution >= 0.6 is 0 Å². The van der Waals surface area contributed by atoms with E-state index in [0.29, 0.717) is 5.69 Å². The number of ether oxygens (including phenoxy) is 1. The van der Waals surface area contributed by atoms with Gasteiger partial charge >= 0.3 is 0 Å². The average Bonchev–Trinajstić information content (AvgIpc) is 2.74. The van der Waals surface area contributed by atoms with Crippen LogP contribution in [0.3, 0.4) is 0 Å². The van der Waals surface area contributed by atoms with Crippen molar-refractivity contribution in [2.75, 3.05) is 5.32 Å². The molecule has 3 nitrogen and oxygen atoms in total. The Morgan fingerprint density at radius 3 is 2.21 bits per heavy atom. The molecule has 0 fully saturated rings. The van der Waals surface area contributed by atoms with E-state index in [1.165, 1.54) is 0 Å². The van der Waals surface area contributed by atoms with E-state index in [9.17, 15) is 4.79 Å². The van der Waals surface area contributed by atoms with Crippen molar-refractivity contribution in [2.45, 2.75) is 0 Å². The summed E-state index contributed by atoms with van der Waals surface area (Å²) in [6, 6.07) is 31.1. The summed E-state index contributed by atoms with van der Waals surface area (Å²) in [5.41, 5.74) is 1.73. The minimum atomic E-state index is -0.176. The molecule has 0 bridgehead atoms. The van der Waals surface area contributed by atoms with Gasteiger partial charge in [0.1, 0.15) is 11.5 Å². The van der Waals surface area contributed by atoms with Crippen LogP contribution in [-0.2, 0) is 4.79 Å². The molecule has 136 valence electrons. The van der Waals surface area contributed by atoms with E-state index < -0.39 is 0 Å². The molecule has 0 aliphatic rings. The number of carbonyl (C=O) groups excluding carboxylic acids is 1. The molecule has 0 heterocycles. The first kappa shape index (κ1) is 17.6. The summed E-state index contributed by atoms with van der Waals surface area (Å²) in [6.07, 6.45) is 3.39. The summed E-state index contributed by atoms with van der Waals surface area (Å²) < 4.78 is 5.76. The predicted molar refractivity (Wildman–Crippen MR) is 115 cm³/mol. The fourth-order valence-corrected chi connectivity index (χ4v) is 2.98. The molecule has 0 aliphatic carbocycles. The molecule has 4 rings (SSSR count). The van der Waals surface area contributed by atoms with Crippen LogP contribution in [0.1, 0.15) is 5.56 Å². The van der Waals surface area contributed by atoms with Crippen LogP contribution in [0.25, 0.3) is 16.8 Å². The van der Waals surface area contributed by atoms with Gasteiger partial charge in [-0.15, -0.1) is 0 Å². The number of anilines is 1. The highest BCUT2D eigenvalue weighted by molar-refractivity contribution is 6.03. The molecule has 4 aromatic carbocycles. The molecule has 0 radical (unpaired) electrons. The third kappa shape index (κ3) is 4.27. The lowest BCUT2D eigenvalue weighted by Crippen LogP contribution is -2.07. The van der Waals surface area contributed by atoms with Gasteiger partial charge in [-0.2, -0.15) is 0 Å². The maximum absolute atomic E-state index is 12.3. The third-order valence-corrected chi connectivity index (χ3v) is 4.34. The Balaban J connectivity index is 1.41. The van der Waals surface area contributed by atoms with Crippen LogP contribution in [0, 0.1) is 0 Å². The number of nitrogens with one attached hydrogen (secondary N) is 1. The number of hydrogen-bond acceptors (Lipinski definition) is 2. The summed E-state index contributed by atoms with van der Waals surface area (Å²) in [4.78, 5) is 12.3. The van der Waals surface area contributed by atoms with Crippen molar-refractivity contribution in [1.29, 1.82) is 0 Å². The molecule has 0 atom stereocenters. The maximum atomic E-state index is 12.3. The highest BCUT2D eigenvalue weighted by atomic mass is 16.5. The average molecular weight is 365 g/mol. The Morgan fingerprint density at radius 1 is 0.714 bits per heavy atom. The summed E-state index contributed by atoms with van der Waals surface area (Å²) in [7, 11) is 0. The van der Waals surface area contributed by atoms with Crippen LogP contribution in [0.4, 0.5) is 5.69 Å². The Hall–Kier alpha value is -3.85. The lowest BCUT2D eigenvalue weighted by molar-refractivity contribution is -0.111. The Labute approximate surface area is 163 Å². The summed E-state index contributed by atoms with van der Waals surface area (Å²) in [5.74, 6) is 1.32. The van der Waals surface area contributed by atoms with Gasteiger partial charge in [-0.1, -0.05) is 60.7 Å². The number of hydrogen-bond donors (Lipinski definition) is 1. The highest BCUT2D eigenvalue weighted by Crippen LogP contribution is 2.23. The topological polar surface area (TPSA) is 38.3 Å². The van der Waals surface area contributed by atoms with Crippen LogP contribution in [0.2, 0.25) is 0 Å². The van der Waals surface area contributed by atoms with Gasteiger partial charge in [-0.25, -0.2) is 0 Å². The van der Waals surface area contributed by atoms with E-state index in [1.807, 2.05) is 84.9 Å². The van der Waals surface area contributed by atoms with Gasteiger partial charge in [0.05, 0.1) is 0 Å². The Kier molecular flexibility index (Phi) is 5.16. The monoisotopic (exact) mass is 365 g/mol. The van der Waals surface area contributed by atoms with Crippen molar-refractivity contribution in [2.24, 2.45) is 0 Å². The summed E-state index contributed by atoms with van der Waals surface area (Å²) >= 11 is 0. The molecule has 0 saturated carbocycles. The quantitative estimate of drug-likeness (QED) is 0.422. The lowest BCUT2D eigenvalue weighted by atomic mass is 10.0. The van der Waals surface area contributed by atoms with Crippen LogP contribution in [0.15, 0.2) is 103 Å². The second kappa shape index (κ2) is 8.23. The molecule has 1 amide bonds. The van der Waals surface area contributed by atoms with Crippen molar-refractivity contribution in [3.63, 3.8) is 0 Å². The first-order chi connectivity index (χ1) is 13.8. The summed E-state index contributed by atoms with van der Waals surface area (Å²) in [5, 5.41) is 5.14. The van der Waals surface area contributed by atoms with E-state index in [1.54, 1.807) is 6.08 Å². The second-order valence-electron chi connectivity index (χ2n) is 6.33. The lowest BCUT2D eigenvalue weighted by Gasteiger charge is -2.07. The van der Waals surface area contributed by atoms with E-state index in [0.717, 1.165) is 27.8 Å². The van der Waals surface area contributed by atoms with Crippen molar-refractivity contribution in [3.05, 3.63) is 109 Å². The zero-order valence-electron chi connectivity index (χ0n) is 15.2. The normalized spacial score (nSPS) is 10.9. The molecular formula is C25H19NO2.